The molecule has 4 nitrogen and oxygen atoms in total. The zero-order valence-corrected chi connectivity index (χ0v) is 9.02. The molecule has 5 heteroatoms. The van der Waals surface area contributed by atoms with Gasteiger partial charge in [-0.25, -0.2) is 4.79 Å². The molecule has 1 aromatic heterocycles. The smallest absolute Gasteiger partial charge is 0.336 e. The van der Waals surface area contributed by atoms with E-state index in [1.54, 1.807) is 12.1 Å². The van der Waals surface area contributed by atoms with Crippen molar-refractivity contribution in [2.24, 2.45) is 5.18 Å². The van der Waals surface area contributed by atoms with E-state index in [-0.39, 0.29) is 0 Å². The van der Waals surface area contributed by atoms with Crippen LogP contribution in [0.2, 0.25) is 0 Å². The lowest BCUT2D eigenvalue weighted by Gasteiger charge is -1.99. The highest BCUT2D eigenvalue weighted by Gasteiger charge is 2.06. The fourth-order valence-corrected chi connectivity index (χ4v) is 1.90. The fraction of sp³-hybridized carbons (Fsp3) is 0. The Morgan fingerprint density at radius 3 is 2.71 bits per heavy atom. The largest absolute Gasteiger partial charge is 0.423 e. The zero-order chi connectivity index (χ0) is 10.1. The summed E-state index contributed by atoms with van der Waals surface area (Å²) in [4.78, 5) is 21.3. The molecule has 0 atom stereocenters. The lowest BCUT2D eigenvalue weighted by atomic mass is 10.2. The fourth-order valence-electron chi connectivity index (χ4n) is 1.17. The Bertz CT molecular complexity index is 561. The maximum atomic E-state index is 10.9. The van der Waals surface area contributed by atoms with Gasteiger partial charge in [0.15, 0.2) is 0 Å². The van der Waals surface area contributed by atoms with Gasteiger partial charge in [-0.1, -0.05) is 0 Å². The quantitative estimate of drug-likeness (QED) is 0.462. The summed E-state index contributed by atoms with van der Waals surface area (Å²) < 4.78 is 5.63. The van der Waals surface area contributed by atoms with Gasteiger partial charge in [-0.2, -0.15) is 0 Å². The highest BCUT2D eigenvalue weighted by atomic mass is 127. The van der Waals surface area contributed by atoms with Gasteiger partial charge in [0, 0.05) is 11.5 Å². The number of rotatable bonds is 1. The number of hydrogen-bond donors (Lipinski definition) is 0. The van der Waals surface area contributed by atoms with Crippen molar-refractivity contribution in [3.63, 3.8) is 0 Å². The van der Waals surface area contributed by atoms with E-state index in [2.05, 4.69) is 5.18 Å². The van der Waals surface area contributed by atoms with Crippen molar-refractivity contribution in [2.75, 3.05) is 0 Å². The van der Waals surface area contributed by atoms with Crippen LogP contribution in [0.5, 0.6) is 0 Å². The summed E-state index contributed by atoms with van der Waals surface area (Å²) in [7, 11) is 0. The molecule has 1 heterocycles. The minimum atomic E-state index is -0.403. The second-order valence-electron chi connectivity index (χ2n) is 2.66. The Hall–Kier alpha value is -1.24. The third kappa shape index (κ3) is 1.43. The summed E-state index contributed by atoms with van der Waals surface area (Å²) in [5.41, 5.74) is 0.418. The Kier molecular flexibility index (Phi) is 2.32. The molecule has 0 spiro atoms. The predicted octanol–water partition coefficient (Wildman–Crippen LogP) is 2.80. The normalized spacial score (nSPS) is 10.4. The van der Waals surface area contributed by atoms with Gasteiger partial charge in [-0.15, -0.1) is 4.91 Å². The Balaban J connectivity index is 2.90. The minimum Gasteiger partial charge on any atom is -0.423 e. The van der Waals surface area contributed by atoms with Crippen LogP contribution in [-0.4, -0.2) is 0 Å². The van der Waals surface area contributed by atoms with Gasteiger partial charge in [0.25, 0.3) is 0 Å². The highest BCUT2D eigenvalue weighted by Crippen LogP contribution is 2.28. The molecule has 0 saturated heterocycles. The predicted molar refractivity (Wildman–Crippen MR) is 60.7 cm³/mol. The molecule has 0 saturated carbocycles. The molecule has 2 aromatic rings. The van der Waals surface area contributed by atoms with E-state index in [1.165, 1.54) is 12.1 Å². The third-order valence-electron chi connectivity index (χ3n) is 1.81. The van der Waals surface area contributed by atoms with Gasteiger partial charge in [0.1, 0.15) is 11.3 Å². The van der Waals surface area contributed by atoms with Crippen LogP contribution in [0.3, 0.4) is 0 Å². The molecule has 70 valence electrons. The molecule has 0 aliphatic carbocycles. The van der Waals surface area contributed by atoms with Crippen LogP contribution in [0.4, 0.5) is 5.69 Å². The van der Waals surface area contributed by atoms with Crippen molar-refractivity contribution >= 4 is 39.2 Å². The molecule has 0 unspecified atom stereocenters. The second kappa shape index (κ2) is 3.49. The molecule has 0 amide bonds. The summed E-state index contributed by atoms with van der Waals surface area (Å²) >= 11 is 1.99. The van der Waals surface area contributed by atoms with Gasteiger partial charge >= 0.3 is 5.63 Å². The van der Waals surface area contributed by atoms with Crippen molar-refractivity contribution in [1.82, 2.24) is 0 Å². The van der Waals surface area contributed by atoms with Gasteiger partial charge in [0.2, 0.25) is 0 Å². The SMILES string of the molecule is O=Nc1ccc2oc(=O)ccc2c1I. The summed E-state index contributed by atoms with van der Waals surface area (Å²) in [6.07, 6.45) is 0. The first-order valence-corrected chi connectivity index (χ1v) is 4.86. The van der Waals surface area contributed by atoms with Gasteiger partial charge in [-0.05, 0) is 46.0 Å². The average molecular weight is 301 g/mol. The van der Waals surface area contributed by atoms with Gasteiger partial charge in [0.05, 0.1) is 3.57 Å². The van der Waals surface area contributed by atoms with E-state index in [4.69, 9.17) is 4.42 Å². The summed E-state index contributed by atoms with van der Waals surface area (Å²) in [6, 6.07) is 6.03. The summed E-state index contributed by atoms with van der Waals surface area (Å²) in [5.74, 6) is 0. The van der Waals surface area contributed by atoms with E-state index >= 15 is 0 Å². The maximum absolute atomic E-state index is 10.9. The molecule has 0 aliphatic rings. The first-order chi connectivity index (χ1) is 6.72. The second-order valence-corrected chi connectivity index (χ2v) is 3.73. The van der Waals surface area contributed by atoms with Crippen molar-refractivity contribution in [3.05, 3.63) is 43.2 Å². The first-order valence-electron chi connectivity index (χ1n) is 3.78. The summed E-state index contributed by atoms with van der Waals surface area (Å²) in [5, 5.41) is 3.59. The van der Waals surface area contributed by atoms with E-state index in [1.807, 2.05) is 22.6 Å². The maximum Gasteiger partial charge on any atom is 0.336 e. The molecule has 2 rings (SSSR count). The van der Waals surface area contributed by atoms with Crippen molar-refractivity contribution in [3.8, 4) is 0 Å². The average Bonchev–Trinajstić information content (AvgIpc) is 2.18. The van der Waals surface area contributed by atoms with Crippen LogP contribution >= 0.6 is 22.6 Å². The molecular weight excluding hydrogens is 297 g/mol. The van der Waals surface area contributed by atoms with Crippen LogP contribution in [0.15, 0.2) is 38.7 Å². The number of benzene rings is 1. The molecule has 14 heavy (non-hydrogen) atoms. The molecular formula is C9H4INO3. The summed E-state index contributed by atoms with van der Waals surface area (Å²) in [6.45, 7) is 0. The number of nitroso groups, excluding NO2 is 1. The lowest BCUT2D eigenvalue weighted by molar-refractivity contribution is 0.561. The highest BCUT2D eigenvalue weighted by molar-refractivity contribution is 14.1. The standard InChI is InChI=1S/C9H4INO3/c10-9-5-1-4-8(12)14-7(5)3-2-6(9)11-13/h1-4H. The zero-order valence-electron chi connectivity index (χ0n) is 6.86. The Morgan fingerprint density at radius 2 is 2.00 bits per heavy atom. The molecule has 0 radical (unpaired) electrons. The molecule has 0 aliphatic heterocycles. The molecule has 0 bridgehead atoms. The Morgan fingerprint density at radius 1 is 1.21 bits per heavy atom. The lowest BCUT2D eigenvalue weighted by Crippen LogP contribution is -1.94. The van der Waals surface area contributed by atoms with Crippen LogP contribution in [-0.2, 0) is 0 Å². The minimum absolute atomic E-state index is 0.354. The van der Waals surface area contributed by atoms with E-state index in [0.29, 0.717) is 14.8 Å². The van der Waals surface area contributed by atoms with Gasteiger partial charge < -0.3 is 4.42 Å². The van der Waals surface area contributed by atoms with Crippen molar-refractivity contribution < 1.29 is 4.42 Å². The number of nitrogens with zero attached hydrogens (tertiary/aromatic N) is 1. The van der Waals surface area contributed by atoms with Gasteiger partial charge in [-0.3, -0.25) is 0 Å². The molecule has 1 aromatic carbocycles. The molecule has 0 N–H and O–H groups in total. The van der Waals surface area contributed by atoms with Crippen LogP contribution in [0.25, 0.3) is 11.0 Å². The van der Waals surface area contributed by atoms with Crippen LogP contribution in [0.1, 0.15) is 0 Å². The van der Waals surface area contributed by atoms with E-state index in [9.17, 15) is 9.70 Å². The van der Waals surface area contributed by atoms with E-state index in [0.717, 1.165) is 5.39 Å². The van der Waals surface area contributed by atoms with Crippen molar-refractivity contribution in [2.45, 2.75) is 0 Å². The monoisotopic (exact) mass is 301 g/mol. The number of hydrogen-bond acceptors (Lipinski definition) is 4. The van der Waals surface area contributed by atoms with Crippen molar-refractivity contribution in [1.29, 1.82) is 0 Å². The first kappa shape index (κ1) is 9.32. The van der Waals surface area contributed by atoms with E-state index < -0.39 is 5.63 Å². The number of fused-ring (bicyclic) bond motifs is 1. The van der Waals surface area contributed by atoms with Crippen LogP contribution in [0, 0.1) is 8.48 Å². The Labute approximate surface area is 92.0 Å². The van der Waals surface area contributed by atoms with Crippen LogP contribution < -0.4 is 5.63 Å². The molecule has 0 fully saturated rings. The third-order valence-corrected chi connectivity index (χ3v) is 2.95. The number of halogens is 1. The topological polar surface area (TPSA) is 59.6 Å².